The highest BCUT2D eigenvalue weighted by molar-refractivity contribution is 8.00. The predicted octanol–water partition coefficient (Wildman–Crippen LogP) is 4.76. The second kappa shape index (κ2) is 9.51. The highest BCUT2D eigenvalue weighted by atomic mass is 32.2. The van der Waals surface area contributed by atoms with Gasteiger partial charge in [0.05, 0.1) is 23.5 Å². The molecule has 1 N–H and O–H groups in total. The molecule has 1 amide bonds. The number of nitrogens with one attached hydrogen (secondary N) is 1. The van der Waals surface area contributed by atoms with Crippen molar-refractivity contribution in [2.45, 2.75) is 10.1 Å². The summed E-state index contributed by atoms with van der Waals surface area (Å²) in [5.74, 6) is 1.24. The zero-order valence-corrected chi connectivity index (χ0v) is 17.7. The summed E-state index contributed by atoms with van der Waals surface area (Å²) in [7, 11) is 1.66. The standard InChI is InChI=1S/C22H18N4O2S2/c1-28-19-7-6-15(13-24-26-21(27)16-8-10-23-11-9-16)12-17(19)14-29-22-25-18-4-2-3-5-20(18)30-22/h2-13H,14H2,1H3,(H,26,27)/b24-13-. The minimum absolute atomic E-state index is 0.284. The Balaban J connectivity index is 1.44. The van der Waals surface area contributed by atoms with Crippen molar-refractivity contribution < 1.29 is 9.53 Å². The Bertz CT molecular complexity index is 1160. The number of pyridine rings is 1. The number of hydrogen-bond donors (Lipinski definition) is 1. The van der Waals surface area contributed by atoms with E-state index < -0.39 is 0 Å². The molecule has 0 aliphatic carbocycles. The Kier molecular flexibility index (Phi) is 6.36. The van der Waals surface area contributed by atoms with E-state index in [0.717, 1.165) is 26.7 Å². The Labute approximate surface area is 182 Å². The maximum Gasteiger partial charge on any atom is 0.271 e. The number of nitrogens with zero attached hydrogens (tertiary/aromatic N) is 3. The summed E-state index contributed by atoms with van der Waals surface area (Å²) in [6.07, 6.45) is 4.75. The molecule has 0 aliphatic heterocycles. The third kappa shape index (κ3) is 4.84. The van der Waals surface area contributed by atoms with Crippen LogP contribution >= 0.6 is 23.1 Å². The predicted molar refractivity (Wildman–Crippen MR) is 121 cm³/mol. The van der Waals surface area contributed by atoms with Crippen LogP contribution in [0.1, 0.15) is 21.5 Å². The van der Waals surface area contributed by atoms with Gasteiger partial charge in [0.1, 0.15) is 5.75 Å². The molecule has 0 atom stereocenters. The van der Waals surface area contributed by atoms with Crippen LogP contribution in [0.4, 0.5) is 0 Å². The zero-order chi connectivity index (χ0) is 20.8. The number of para-hydroxylation sites is 1. The number of hydrogen-bond acceptors (Lipinski definition) is 7. The minimum Gasteiger partial charge on any atom is -0.496 e. The maximum atomic E-state index is 12.1. The fourth-order valence-electron chi connectivity index (χ4n) is 2.78. The molecule has 8 heteroatoms. The summed E-state index contributed by atoms with van der Waals surface area (Å²) >= 11 is 3.35. The van der Waals surface area contributed by atoms with Crippen LogP contribution < -0.4 is 10.2 Å². The first kappa shape index (κ1) is 20.1. The molecule has 6 nitrogen and oxygen atoms in total. The second-order valence-electron chi connectivity index (χ2n) is 6.24. The van der Waals surface area contributed by atoms with Gasteiger partial charge < -0.3 is 4.74 Å². The number of carbonyl (C=O) groups is 1. The summed E-state index contributed by atoms with van der Waals surface area (Å²) in [6.45, 7) is 0. The van der Waals surface area contributed by atoms with Crippen molar-refractivity contribution in [1.29, 1.82) is 0 Å². The van der Waals surface area contributed by atoms with Crippen molar-refractivity contribution in [3.8, 4) is 5.75 Å². The number of carbonyl (C=O) groups excluding carboxylic acids is 1. The van der Waals surface area contributed by atoms with E-state index in [1.807, 2.05) is 36.4 Å². The second-order valence-corrected chi connectivity index (χ2v) is 8.50. The number of thioether (sulfide) groups is 1. The van der Waals surface area contributed by atoms with E-state index in [-0.39, 0.29) is 5.91 Å². The van der Waals surface area contributed by atoms with E-state index >= 15 is 0 Å². The molecule has 0 radical (unpaired) electrons. The van der Waals surface area contributed by atoms with Gasteiger partial charge in [-0.05, 0) is 48.0 Å². The molecule has 0 spiro atoms. The van der Waals surface area contributed by atoms with E-state index in [9.17, 15) is 4.79 Å². The van der Waals surface area contributed by atoms with Gasteiger partial charge in [-0.25, -0.2) is 10.4 Å². The Hall–Kier alpha value is -3.23. The number of fused-ring (bicyclic) bond motifs is 1. The molecule has 2 heterocycles. The molecule has 4 aromatic rings. The monoisotopic (exact) mass is 434 g/mol. The summed E-state index contributed by atoms with van der Waals surface area (Å²) in [4.78, 5) is 20.6. The minimum atomic E-state index is -0.284. The molecule has 4 rings (SSSR count). The topological polar surface area (TPSA) is 76.5 Å². The Morgan fingerprint density at radius 1 is 1.20 bits per heavy atom. The average Bonchev–Trinajstić information content (AvgIpc) is 3.21. The zero-order valence-electron chi connectivity index (χ0n) is 16.1. The van der Waals surface area contributed by atoms with Gasteiger partial charge in [0.25, 0.3) is 5.91 Å². The van der Waals surface area contributed by atoms with Gasteiger partial charge in [-0.2, -0.15) is 5.10 Å². The number of hydrazone groups is 1. The first-order valence-electron chi connectivity index (χ1n) is 9.11. The largest absolute Gasteiger partial charge is 0.496 e. The Morgan fingerprint density at radius 3 is 2.83 bits per heavy atom. The van der Waals surface area contributed by atoms with E-state index in [1.54, 1.807) is 60.9 Å². The summed E-state index contributed by atoms with van der Waals surface area (Å²) in [5, 5.41) is 4.06. The van der Waals surface area contributed by atoms with Crippen LogP contribution in [0, 0.1) is 0 Å². The van der Waals surface area contributed by atoms with Gasteiger partial charge in [0.2, 0.25) is 0 Å². The maximum absolute atomic E-state index is 12.1. The average molecular weight is 435 g/mol. The van der Waals surface area contributed by atoms with Gasteiger partial charge in [-0.15, -0.1) is 11.3 Å². The molecular formula is C22H18N4O2S2. The highest BCUT2D eigenvalue weighted by Gasteiger charge is 2.09. The molecule has 2 aromatic carbocycles. The van der Waals surface area contributed by atoms with Crippen molar-refractivity contribution in [3.05, 3.63) is 83.7 Å². The molecule has 0 saturated heterocycles. The number of rotatable bonds is 7. The van der Waals surface area contributed by atoms with Crippen LogP contribution in [0.25, 0.3) is 10.2 Å². The lowest BCUT2D eigenvalue weighted by Gasteiger charge is -2.08. The first-order chi connectivity index (χ1) is 14.7. The number of thiazole rings is 1. The summed E-state index contributed by atoms with van der Waals surface area (Å²) in [6, 6.07) is 17.2. The molecular weight excluding hydrogens is 416 g/mol. The molecule has 2 aromatic heterocycles. The molecule has 0 fully saturated rings. The Morgan fingerprint density at radius 2 is 2.03 bits per heavy atom. The lowest BCUT2D eigenvalue weighted by molar-refractivity contribution is 0.0955. The van der Waals surface area contributed by atoms with E-state index in [0.29, 0.717) is 11.3 Å². The fraction of sp³-hybridized carbons (Fsp3) is 0.0909. The van der Waals surface area contributed by atoms with Crippen LogP contribution in [0.3, 0.4) is 0 Å². The SMILES string of the molecule is COc1ccc(/C=N\NC(=O)c2ccncc2)cc1CSc1nc2ccccc2s1. The molecule has 0 aliphatic rings. The van der Waals surface area contributed by atoms with Crippen LogP contribution in [0.5, 0.6) is 5.75 Å². The van der Waals surface area contributed by atoms with Crippen molar-refractivity contribution in [1.82, 2.24) is 15.4 Å². The first-order valence-corrected chi connectivity index (χ1v) is 10.9. The number of aromatic nitrogens is 2. The number of benzene rings is 2. The lowest BCUT2D eigenvalue weighted by atomic mass is 10.1. The van der Waals surface area contributed by atoms with Gasteiger partial charge >= 0.3 is 0 Å². The van der Waals surface area contributed by atoms with Crippen molar-refractivity contribution in [2.75, 3.05) is 7.11 Å². The molecule has 0 bridgehead atoms. The molecule has 150 valence electrons. The van der Waals surface area contributed by atoms with E-state index in [1.165, 1.54) is 4.70 Å². The third-order valence-electron chi connectivity index (χ3n) is 4.25. The van der Waals surface area contributed by atoms with Gasteiger partial charge in [0.15, 0.2) is 4.34 Å². The highest BCUT2D eigenvalue weighted by Crippen LogP contribution is 2.33. The van der Waals surface area contributed by atoms with Gasteiger partial charge in [0, 0.05) is 29.3 Å². The normalized spacial score (nSPS) is 11.1. The quantitative estimate of drug-likeness (QED) is 0.258. The van der Waals surface area contributed by atoms with E-state index in [4.69, 9.17) is 4.74 Å². The van der Waals surface area contributed by atoms with Crippen LogP contribution in [0.2, 0.25) is 0 Å². The third-order valence-corrected chi connectivity index (χ3v) is 6.48. The number of amides is 1. The van der Waals surface area contributed by atoms with Gasteiger partial charge in [-0.3, -0.25) is 9.78 Å². The summed E-state index contributed by atoms with van der Waals surface area (Å²) in [5.41, 5.74) is 5.95. The fourth-order valence-corrected chi connectivity index (χ4v) is 4.82. The van der Waals surface area contributed by atoms with Crippen molar-refractivity contribution in [3.63, 3.8) is 0 Å². The van der Waals surface area contributed by atoms with Crippen molar-refractivity contribution in [2.24, 2.45) is 5.10 Å². The van der Waals surface area contributed by atoms with Gasteiger partial charge in [-0.1, -0.05) is 23.9 Å². The van der Waals surface area contributed by atoms with Crippen LogP contribution in [-0.4, -0.2) is 29.2 Å². The van der Waals surface area contributed by atoms with Crippen LogP contribution in [-0.2, 0) is 5.75 Å². The van der Waals surface area contributed by atoms with E-state index in [2.05, 4.69) is 26.6 Å². The van der Waals surface area contributed by atoms with Crippen molar-refractivity contribution >= 4 is 45.4 Å². The number of methoxy groups -OCH3 is 1. The smallest absolute Gasteiger partial charge is 0.271 e. The lowest BCUT2D eigenvalue weighted by Crippen LogP contribution is -2.17. The summed E-state index contributed by atoms with van der Waals surface area (Å²) < 4.78 is 7.69. The van der Waals surface area contributed by atoms with Crippen LogP contribution in [0.15, 0.2) is 76.4 Å². The molecule has 30 heavy (non-hydrogen) atoms. The molecule has 0 saturated carbocycles. The molecule has 0 unspecified atom stereocenters. The number of ether oxygens (including phenoxy) is 1.